The summed E-state index contributed by atoms with van der Waals surface area (Å²) in [5, 5.41) is 8.23. The molecule has 0 aliphatic rings. The molecule has 92 valence electrons. The standard InChI is InChI=1S/C7H6N2.C5H11NO2/c1-2-5-9-6-4-8-7(9)3-1;1-3(2)4(6)5(7)8/h1-6H;3-4H,6H2,1-2H3,(H,7,8)/t;4-/m.0/s1. The van der Waals surface area contributed by atoms with E-state index in [1.807, 2.05) is 35.0 Å². The highest BCUT2D eigenvalue weighted by Gasteiger charge is 2.14. The van der Waals surface area contributed by atoms with Crippen molar-refractivity contribution in [2.24, 2.45) is 11.7 Å². The first kappa shape index (κ1) is 13.2. The third-order valence-corrected chi connectivity index (χ3v) is 2.31. The molecule has 0 fully saturated rings. The van der Waals surface area contributed by atoms with Gasteiger partial charge in [0.05, 0.1) is 0 Å². The lowest BCUT2D eigenvalue weighted by Gasteiger charge is -2.07. The number of carbonyl (C=O) groups is 1. The molecule has 2 rings (SSSR count). The summed E-state index contributed by atoms with van der Waals surface area (Å²) < 4.78 is 1.97. The molecule has 2 aromatic rings. The van der Waals surface area contributed by atoms with Crippen molar-refractivity contribution in [3.8, 4) is 0 Å². The number of aromatic nitrogens is 2. The van der Waals surface area contributed by atoms with Gasteiger partial charge >= 0.3 is 5.97 Å². The first-order valence-corrected chi connectivity index (χ1v) is 5.38. The average Bonchev–Trinajstić information content (AvgIpc) is 2.76. The molecule has 0 aliphatic heterocycles. The van der Waals surface area contributed by atoms with Crippen LogP contribution < -0.4 is 5.73 Å². The number of hydrogen-bond donors (Lipinski definition) is 2. The molecule has 0 saturated heterocycles. The van der Waals surface area contributed by atoms with Crippen LogP contribution in [0, 0.1) is 5.92 Å². The molecule has 5 heteroatoms. The van der Waals surface area contributed by atoms with E-state index >= 15 is 0 Å². The van der Waals surface area contributed by atoms with E-state index in [1.54, 1.807) is 20.0 Å². The van der Waals surface area contributed by atoms with E-state index in [1.165, 1.54) is 0 Å². The number of hydrogen-bond acceptors (Lipinski definition) is 3. The Hall–Kier alpha value is -1.88. The summed E-state index contributed by atoms with van der Waals surface area (Å²) in [6.07, 6.45) is 5.69. The minimum absolute atomic E-state index is 0.0208. The number of carboxylic acids is 1. The van der Waals surface area contributed by atoms with Crippen molar-refractivity contribution in [2.45, 2.75) is 19.9 Å². The van der Waals surface area contributed by atoms with Gasteiger partial charge < -0.3 is 15.2 Å². The molecule has 0 aromatic carbocycles. The second-order valence-corrected chi connectivity index (χ2v) is 4.00. The number of fused-ring (bicyclic) bond motifs is 1. The Kier molecular flexibility index (Phi) is 4.66. The van der Waals surface area contributed by atoms with Gasteiger partial charge in [0.15, 0.2) is 0 Å². The zero-order valence-electron chi connectivity index (χ0n) is 9.95. The van der Waals surface area contributed by atoms with Crippen molar-refractivity contribution in [3.63, 3.8) is 0 Å². The lowest BCUT2D eigenvalue weighted by molar-refractivity contribution is -0.139. The first-order valence-electron chi connectivity index (χ1n) is 5.38. The first-order chi connectivity index (χ1) is 8.02. The van der Waals surface area contributed by atoms with Crippen molar-refractivity contribution in [2.75, 3.05) is 0 Å². The van der Waals surface area contributed by atoms with Crippen LogP contribution in [-0.2, 0) is 4.79 Å². The Labute approximate surface area is 99.9 Å². The van der Waals surface area contributed by atoms with Crippen molar-refractivity contribution >= 4 is 11.6 Å². The lowest BCUT2D eigenvalue weighted by atomic mass is 10.1. The van der Waals surface area contributed by atoms with Gasteiger partial charge in [0.2, 0.25) is 0 Å². The molecule has 0 aliphatic carbocycles. The third kappa shape index (κ3) is 3.88. The molecule has 5 nitrogen and oxygen atoms in total. The van der Waals surface area contributed by atoms with Crippen LogP contribution in [-0.4, -0.2) is 26.5 Å². The maximum Gasteiger partial charge on any atom is 0.320 e. The predicted molar refractivity (Wildman–Crippen MR) is 65.6 cm³/mol. The van der Waals surface area contributed by atoms with Crippen LogP contribution in [0.15, 0.2) is 36.8 Å². The number of rotatable bonds is 2. The maximum atomic E-state index is 10.0. The molecule has 0 amide bonds. The van der Waals surface area contributed by atoms with Gasteiger partial charge in [-0.05, 0) is 18.1 Å². The van der Waals surface area contributed by atoms with E-state index in [2.05, 4.69) is 4.98 Å². The van der Waals surface area contributed by atoms with Crippen molar-refractivity contribution in [1.82, 2.24) is 9.38 Å². The quantitative estimate of drug-likeness (QED) is 0.824. The smallest absolute Gasteiger partial charge is 0.320 e. The van der Waals surface area contributed by atoms with Gasteiger partial charge in [0.1, 0.15) is 11.7 Å². The fraction of sp³-hybridized carbons (Fsp3) is 0.333. The summed E-state index contributed by atoms with van der Waals surface area (Å²) in [6, 6.07) is 5.21. The summed E-state index contributed by atoms with van der Waals surface area (Å²) in [7, 11) is 0. The summed E-state index contributed by atoms with van der Waals surface area (Å²) in [5.74, 6) is -0.910. The monoisotopic (exact) mass is 235 g/mol. The van der Waals surface area contributed by atoms with E-state index in [-0.39, 0.29) is 5.92 Å². The van der Waals surface area contributed by atoms with Gasteiger partial charge in [-0.1, -0.05) is 19.9 Å². The second kappa shape index (κ2) is 6.00. The summed E-state index contributed by atoms with van der Waals surface area (Å²) in [6.45, 7) is 3.55. The van der Waals surface area contributed by atoms with Gasteiger partial charge in [0, 0.05) is 18.6 Å². The lowest BCUT2D eigenvalue weighted by Crippen LogP contribution is -2.34. The molecule has 2 aromatic heterocycles. The van der Waals surface area contributed by atoms with E-state index in [0.717, 1.165) is 5.65 Å². The normalized spacial score (nSPS) is 12.0. The Balaban J connectivity index is 0.000000172. The Morgan fingerprint density at radius 1 is 1.41 bits per heavy atom. The number of imidazole rings is 1. The summed E-state index contributed by atoms with van der Waals surface area (Å²) in [4.78, 5) is 14.1. The maximum absolute atomic E-state index is 10.0. The molecule has 3 N–H and O–H groups in total. The molecular weight excluding hydrogens is 218 g/mol. The molecule has 0 spiro atoms. The molecule has 1 atom stereocenters. The van der Waals surface area contributed by atoms with Crippen LogP contribution in [0.3, 0.4) is 0 Å². The zero-order chi connectivity index (χ0) is 12.8. The number of pyridine rings is 1. The van der Waals surface area contributed by atoms with Gasteiger partial charge in [-0.25, -0.2) is 4.98 Å². The minimum Gasteiger partial charge on any atom is -0.480 e. The molecule has 0 bridgehead atoms. The highest BCUT2D eigenvalue weighted by molar-refractivity contribution is 5.73. The van der Waals surface area contributed by atoms with Gasteiger partial charge in [-0.15, -0.1) is 0 Å². The minimum atomic E-state index is -0.931. The van der Waals surface area contributed by atoms with Crippen LogP contribution >= 0.6 is 0 Å². The van der Waals surface area contributed by atoms with E-state index in [0.29, 0.717) is 0 Å². The number of nitrogens with two attached hydrogens (primary N) is 1. The van der Waals surface area contributed by atoms with Crippen molar-refractivity contribution < 1.29 is 9.90 Å². The van der Waals surface area contributed by atoms with Crippen LogP contribution in [0.25, 0.3) is 5.65 Å². The molecule has 0 saturated carbocycles. The van der Waals surface area contributed by atoms with Gasteiger partial charge in [-0.2, -0.15) is 0 Å². The molecule has 17 heavy (non-hydrogen) atoms. The van der Waals surface area contributed by atoms with Crippen molar-refractivity contribution in [3.05, 3.63) is 36.8 Å². The van der Waals surface area contributed by atoms with Crippen LogP contribution in [0.1, 0.15) is 13.8 Å². The Morgan fingerprint density at radius 2 is 2.12 bits per heavy atom. The highest BCUT2D eigenvalue weighted by atomic mass is 16.4. The van der Waals surface area contributed by atoms with Gasteiger partial charge in [-0.3, -0.25) is 4.79 Å². The summed E-state index contributed by atoms with van der Waals surface area (Å²) in [5.41, 5.74) is 6.16. The van der Waals surface area contributed by atoms with E-state index in [4.69, 9.17) is 10.8 Å². The highest BCUT2D eigenvalue weighted by Crippen LogP contribution is 1.97. The van der Waals surface area contributed by atoms with E-state index < -0.39 is 12.0 Å². The zero-order valence-corrected chi connectivity index (χ0v) is 9.95. The average molecular weight is 235 g/mol. The molecular formula is C12H17N3O2. The number of carboxylic acid groups (broad SMARTS) is 1. The van der Waals surface area contributed by atoms with E-state index in [9.17, 15) is 4.79 Å². The third-order valence-electron chi connectivity index (χ3n) is 2.31. The topological polar surface area (TPSA) is 80.6 Å². The number of aliphatic carboxylic acids is 1. The van der Waals surface area contributed by atoms with Crippen LogP contribution in [0.2, 0.25) is 0 Å². The largest absolute Gasteiger partial charge is 0.480 e. The fourth-order valence-electron chi connectivity index (χ4n) is 1.15. The summed E-state index contributed by atoms with van der Waals surface area (Å²) >= 11 is 0. The fourth-order valence-corrected chi connectivity index (χ4v) is 1.15. The van der Waals surface area contributed by atoms with Crippen molar-refractivity contribution in [1.29, 1.82) is 0 Å². The van der Waals surface area contributed by atoms with Crippen LogP contribution in [0.4, 0.5) is 0 Å². The molecule has 0 unspecified atom stereocenters. The number of nitrogens with zero attached hydrogens (tertiary/aromatic N) is 2. The molecule has 0 radical (unpaired) electrons. The second-order valence-electron chi connectivity index (χ2n) is 4.00. The van der Waals surface area contributed by atoms with Crippen LogP contribution in [0.5, 0.6) is 0 Å². The molecule has 2 heterocycles. The Bertz CT molecular complexity index is 449. The SMILES string of the molecule is CC(C)[C@H](N)C(=O)O.c1ccn2ccnc2c1. The predicted octanol–water partition coefficient (Wildman–Crippen LogP) is 1.39. The Morgan fingerprint density at radius 3 is 2.59 bits per heavy atom. The van der Waals surface area contributed by atoms with Gasteiger partial charge in [0.25, 0.3) is 0 Å².